The Labute approximate surface area is 195 Å². The van der Waals surface area contributed by atoms with Gasteiger partial charge in [-0.25, -0.2) is 4.79 Å². The standard InChI is InChI=1S/C23H27F3N4O4/c1-15(31)2-7-20-27-21(28-34-20)18-12-17(16-3-5-19(6-4-16)23(24,25)26)13-30(14-18)22(32)29-8-10-33-11-9-29/h3-6,17-18H,2,7-14H2,1H3. The topological polar surface area (TPSA) is 88.8 Å². The van der Waals surface area contributed by atoms with Crippen molar-refractivity contribution in [3.63, 3.8) is 0 Å². The number of ether oxygens (including phenoxy) is 1. The van der Waals surface area contributed by atoms with Gasteiger partial charge >= 0.3 is 12.2 Å². The van der Waals surface area contributed by atoms with Crippen molar-refractivity contribution in [1.29, 1.82) is 0 Å². The van der Waals surface area contributed by atoms with Gasteiger partial charge in [-0.2, -0.15) is 18.2 Å². The van der Waals surface area contributed by atoms with Crippen LogP contribution in [0, 0.1) is 0 Å². The number of urea groups is 1. The molecule has 0 radical (unpaired) electrons. The molecule has 0 aliphatic carbocycles. The molecule has 34 heavy (non-hydrogen) atoms. The van der Waals surface area contributed by atoms with E-state index in [0.717, 1.165) is 17.7 Å². The summed E-state index contributed by atoms with van der Waals surface area (Å²) in [5.74, 6) is 0.371. The van der Waals surface area contributed by atoms with Crippen LogP contribution in [0.1, 0.15) is 54.4 Å². The van der Waals surface area contributed by atoms with E-state index >= 15 is 0 Å². The third-order valence-corrected chi connectivity index (χ3v) is 6.25. The molecule has 2 unspecified atom stereocenters. The third kappa shape index (κ3) is 5.75. The number of aromatic nitrogens is 2. The summed E-state index contributed by atoms with van der Waals surface area (Å²) < 4.78 is 49.7. The molecule has 11 heteroatoms. The fourth-order valence-electron chi connectivity index (χ4n) is 4.40. The van der Waals surface area contributed by atoms with Crippen LogP contribution < -0.4 is 0 Å². The van der Waals surface area contributed by atoms with E-state index in [0.29, 0.717) is 70.4 Å². The van der Waals surface area contributed by atoms with Gasteiger partial charge in [-0.05, 0) is 31.0 Å². The first-order chi connectivity index (χ1) is 16.2. The van der Waals surface area contributed by atoms with Gasteiger partial charge in [0.1, 0.15) is 5.78 Å². The number of carbonyl (C=O) groups is 2. The predicted octanol–water partition coefficient (Wildman–Crippen LogP) is 3.64. The first-order valence-corrected chi connectivity index (χ1v) is 11.3. The second-order valence-corrected chi connectivity index (χ2v) is 8.78. The van der Waals surface area contributed by atoms with Gasteiger partial charge in [0.2, 0.25) is 5.89 Å². The Morgan fingerprint density at radius 3 is 2.38 bits per heavy atom. The largest absolute Gasteiger partial charge is 0.416 e. The molecule has 4 rings (SSSR count). The van der Waals surface area contributed by atoms with Crippen molar-refractivity contribution in [2.45, 2.75) is 44.2 Å². The molecule has 1 aromatic heterocycles. The van der Waals surface area contributed by atoms with Crippen LogP contribution in [-0.2, 0) is 22.1 Å². The fraction of sp³-hybridized carbons (Fsp3) is 0.565. The van der Waals surface area contributed by atoms with Gasteiger partial charge in [-0.15, -0.1) is 0 Å². The molecule has 0 saturated carbocycles. The van der Waals surface area contributed by atoms with Crippen LogP contribution in [0.4, 0.5) is 18.0 Å². The number of carbonyl (C=O) groups excluding carboxylic acids is 2. The number of piperidine rings is 1. The van der Waals surface area contributed by atoms with E-state index in [1.165, 1.54) is 19.1 Å². The van der Waals surface area contributed by atoms with Crippen molar-refractivity contribution in [3.05, 3.63) is 47.1 Å². The van der Waals surface area contributed by atoms with Gasteiger partial charge in [0.25, 0.3) is 0 Å². The van der Waals surface area contributed by atoms with Gasteiger partial charge < -0.3 is 23.9 Å². The molecule has 0 N–H and O–H groups in total. The lowest BCUT2D eigenvalue weighted by atomic mass is 9.84. The van der Waals surface area contributed by atoms with Gasteiger partial charge in [0.15, 0.2) is 5.82 Å². The van der Waals surface area contributed by atoms with Crippen LogP contribution in [0.25, 0.3) is 0 Å². The number of morpholine rings is 1. The van der Waals surface area contributed by atoms with Gasteiger partial charge in [-0.1, -0.05) is 17.3 Å². The predicted molar refractivity (Wildman–Crippen MR) is 114 cm³/mol. The molecule has 2 saturated heterocycles. The van der Waals surface area contributed by atoms with Crippen LogP contribution >= 0.6 is 0 Å². The first kappa shape index (κ1) is 24.2. The van der Waals surface area contributed by atoms with Crippen molar-refractivity contribution >= 4 is 11.8 Å². The second kappa shape index (κ2) is 10.1. The van der Waals surface area contributed by atoms with Crippen molar-refractivity contribution in [3.8, 4) is 0 Å². The Kier molecular flexibility index (Phi) is 7.20. The summed E-state index contributed by atoms with van der Waals surface area (Å²) in [6.45, 7) is 4.16. The molecule has 184 valence electrons. The second-order valence-electron chi connectivity index (χ2n) is 8.78. The summed E-state index contributed by atoms with van der Waals surface area (Å²) in [5.41, 5.74) is 0.0101. The quantitative estimate of drug-likeness (QED) is 0.649. The third-order valence-electron chi connectivity index (χ3n) is 6.25. The van der Waals surface area contributed by atoms with E-state index in [9.17, 15) is 22.8 Å². The Hall–Kier alpha value is -2.95. The van der Waals surface area contributed by atoms with Crippen LogP contribution in [0.3, 0.4) is 0 Å². The number of alkyl halides is 3. The monoisotopic (exact) mass is 480 g/mol. The Morgan fingerprint density at radius 1 is 1.06 bits per heavy atom. The van der Waals surface area contributed by atoms with E-state index in [4.69, 9.17) is 9.26 Å². The number of halogens is 3. The molecule has 2 aliphatic heterocycles. The summed E-state index contributed by atoms with van der Waals surface area (Å²) >= 11 is 0. The SMILES string of the molecule is CC(=O)CCc1nc(C2CC(c3ccc(C(F)(F)F)cc3)CN(C(=O)N3CCOCC3)C2)no1. The maximum absolute atomic E-state index is 13.2. The van der Waals surface area contributed by atoms with E-state index in [-0.39, 0.29) is 23.7 Å². The van der Waals surface area contributed by atoms with Crippen LogP contribution in [0.5, 0.6) is 0 Å². The van der Waals surface area contributed by atoms with Gasteiger partial charge in [0, 0.05) is 50.9 Å². The number of Topliss-reactive ketones (excluding diaryl/α,β-unsaturated/α-hetero) is 1. The van der Waals surface area contributed by atoms with E-state index in [1.54, 1.807) is 9.80 Å². The molecule has 2 aliphatic rings. The number of ketones is 1. The molecular weight excluding hydrogens is 453 g/mol. The van der Waals surface area contributed by atoms with Gasteiger partial charge in [0.05, 0.1) is 18.8 Å². The summed E-state index contributed by atoms with van der Waals surface area (Å²) in [5, 5.41) is 4.08. The lowest BCUT2D eigenvalue weighted by Gasteiger charge is -2.40. The first-order valence-electron chi connectivity index (χ1n) is 11.3. The molecule has 3 heterocycles. The Morgan fingerprint density at radius 2 is 1.74 bits per heavy atom. The average molecular weight is 480 g/mol. The lowest BCUT2D eigenvalue weighted by Crippen LogP contribution is -2.52. The molecule has 0 bridgehead atoms. The lowest BCUT2D eigenvalue weighted by molar-refractivity contribution is -0.137. The van der Waals surface area contributed by atoms with Crippen LogP contribution in [-0.4, -0.2) is 71.1 Å². The van der Waals surface area contributed by atoms with E-state index in [2.05, 4.69) is 10.1 Å². The number of nitrogens with zero attached hydrogens (tertiary/aromatic N) is 4. The zero-order chi connectivity index (χ0) is 24.3. The number of aryl methyl sites for hydroxylation is 1. The maximum Gasteiger partial charge on any atom is 0.416 e. The highest BCUT2D eigenvalue weighted by Gasteiger charge is 2.37. The number of likely N-dealkylation sites (tertiary alicyclic amines) is 1. The van der Waals surface area contributed by atoms with E-state index in [1.807, 2.05) is 0 Å². The van der Waals surface area contributed by atoms with Crippen molar-refractivity contribution < 1.29 is 32.0 Å². The maximum atomic E-state index is 13.2. The molecule has 1 aromatic carbocycles. The van der Waals surface area contributed by atoms with E-state index < -0.39 is 11.7 Å². The average Bonchev–Trinajstić information content (AvgIpc) is 3.31. The Bertz CT molecular complexity index is 1000. The normalized spacial score (nSPS) is 21.5. The summed E-state index contributed by atoms with van der Waals surface area (Å²) in [6, 6.07) is 4.96. The summed E-state index contributed by atoms with van der Waals surface area (Å²) in [7, 11) is 0. The summed E-state index contributed by atoms with van der Waals surface area (Å²) in [6.07, 6.45) is -3.22. The van der Waals surface area contributed by atoms with Crippen molar-refractivity contribution in [2.24, 2.45) is 0 Å². The number of hydrogen-bond acceptors (Lipinski definition) is 6. The number of benzene rings is 1. The minimum atomic E-state index is -4.41. The molecule has 2 fully saturated rings. The number of amides is 2. The Balaban J connectivity index is 1.56. The minimum Gasteiger partial charge on any atom is -0.378 e. The molecule has 8 nitrogen and oxygen atoms in total. The molecule has 2 aromatic rings. The molecule has 2 atom stereocenters. The number of hydrogen-bond donors (Lipinski definition) is 0. The summed E-state index contributed by atoms with van der Waals surface area (Å²) in [4.78, 5) is 32.4. The highest BCUT2D eigenvalue weighted by atomic mass is 19.4. The molecular formula is C23H27F3N4O4. The van der Waals surface area contributed by atoms with Crippen molar-refractivity contribution in [1.82, 2.24) is 19.9 Å². The van der Waals surface area contributed by atoms with Crippen LogP contribution in [0.2, 0.25) is 0 Å². The highest BCUT2D eigenvalue weighted by molar-refractivity contribution is 5.75. The smallest absolute Gasteiger partial charge is 0.378 e. The number of rotatable bonds is 5. The zero-order valence-corrected chi connectivity index (χ0v) is 18.9. The molecule has 0 spiro atoms. The van der Waals surface area contributed by atoms with Crippen LogP contribution in [0.15, 0.2) is 28.8 Å². The zero-order valence-electron chi connectivity index (χ0n) is 18.9. The van der Waals surface area contributed by atoms with Gasteiger partial charge in [-0.3, -0.25) is 0 Å². The van der Waals surface area contributed by atoms with Crippen molar-refractivity contribution in [2.75, 3.05) is 39.4 Å². The fourth-order valence-corrected chi connectivity index (χ4v) is 4.40. The minimum absolute atomic E-state index is 0.0158. The highest BCUT2D eigenvalue weighted by Crippen LogP contribution is 2.37. The molecule has 2 amide bonds.